The number of methoxy groups -OCH3 is 1. The van der Waals surface area contributed by atoms with Gasteiger partial charge >= 0.3 is 5.97 Å². The van der Waals surface area contributed by atoms with Gasteiger partial charge in [-0.25, -0.2) is 4.79 Å². The van der Waals surface area contributed by atoms with Crippen molar-refractivity contribution >= 4 is 11.8 Å². The average Bonchev–Trinajstić information content (AvgIpc) is 2.60. The van der Waals surface area contributed by atoms with Gasteiger partial charge in [-0.1, -0.05) is 18.2 Å². The largest absolute Gasteiger partial charge is 0.507 e. The van der Waals surface area contributed by atoms with Crippen LogP contribution in [0.25, 0.3) is 0 Å². The Labute approximate surface area is 134 Å². The average molecular weight is 310 g/mol. The van der Waals surface area contributed by atoms with E-state index in [0.717, 1.165) is 24.0 Å². The Hall–Kier alpha value is -2.62. The third-order valence-electron chi connectivity index (χ3n) is 4.37. The molecule has 4 nitrogen and oxygen atoms in total. The number of para-hydroxylation sites is 1. The summed E-state index contributed by atoms with van der Waals surface area (Å²) in [6, 6.07) is 12.0. The molecule has 1 atom stereocenters. The van der Waals surface area contributed by atoms with E-state index in [-0.39, 0.29) is 17.5 Å². The van der Waals surface area contributed by atoms with Crippen molar-refractivity contribution in [2.75, 3.05) is 7.11 Å². The molecule has 1 N–H and O–H groups in total. The minimum absolute atomic E-state index is 0.00579. The molecule has 0 spiro atoms. The number of esters is 1. The zero-order chi connectivity index (χ0) is 16.4. The summed E-state index contributed by atoms with van der Waals surface area (Å²) in [6.07, 6.45) is 2.51. The van der Waals surface area contributed by atoms with Crippen molar-refractivity contribution < 1.29 is 19.4 Å². The van der Waals surface area contributed by atoms with Crippen molar-refractivity contribution in [3.63, 3.8) is 0 Å². The number of rotatable bonds is 3. The quantitative estimate of drug-likeness (QED) is 0.696. The summed E-state index contributed by atoms with van der Waals surface area (Å²) in [4.78, 5) is 24.6. The van der Waals surface area contributed by atoms with Gasteiger partial charge in [0, 0.05) is 5.92 Å². The Kier molecular flexibility index (Phi) is 4.15. The van der Waals surface area contributed by atoms with Crippen molar-refractivity contribution in [1.82, 2.24) is 0 Å². The second kappa shape index (κ2) is 6.24. The van der Waals surface area contributed by atoms with Crippen LogP contribution in [0.1, 0.15) is 50.6 Å². The van der Waals surface area contributed by atoms with Gasteiger partial charge < -0.3 is 9.84 Å². The third kappa shape index (κ3) is 2.84. The van der Waals surface area contributed by atoms with Crippen molar-refractivity contribution in [2.24, 2.45) is 0 Å². The molecule has 4 heteroatoms. The Morgan fingerprint density at radius 1 is 1.17 bits per heavy atom. The van der Waals surface area contributed by atoms with Crippen LogP contribution in [0.3, 0.4) is 0 Å². The third-order valence-corrected chi connectivity index (χ3v) is 4.37. The lowest BCUT2D eigenvalue weighted by Crippen LogP contribution is -2.19. The van der Waals surface area contributed by atoms with Gasteiger partial charge in [-0.05, 0) is 54.7 Å². The molecule has 0 aromatic heterocycles. The summed E-state index contributed by atoms with van der Waals surface area (Å²) in [6.45, 7) is 0. The summed E-state index contributed by atoms with van der Waals surface area (Å²) in [5, 5.41) is 9.95. The van der Waals surface area contributed by atoms with E-state index in [1.165, 1.54) is 13.2 Å². The zero-order valence-electron chi connectivity index (χ0n) is 12.9. The van der Waals surface area contributed by atoms with Crippen molar-refractivity contribution in [3.8, 4) is 5.75 Å². The highest BCUT2D eigenvalue weighted by Gasteiger charge is 2.29. The predicted octanol–water partition coefficient (Wildman–Crippen LogP) is 3.48. The van der Waals surface area contributed by atoms with Gasteiger partial charge in [0.2, 0.25) is 0 Å². The maximum atomic E-state index is 12.9. The molecule has 0 heterocycles. The zero-order valence-corrected chi connectivity index (χ0v) is 12.9. The molecule has 0 bridgehead atoms. The van der Waals surface area contributed by atoms with Gasteiger partial charge in [-0.3, -0.25) is 4.79 Å². The number of ether oxygens (including phenoxy) is 1. The fraction of sp³-hybridized carbons (Fsp3) is 0.263. The molecule has 3 rings (SSSR count). The van der Waals surface area contributed by atoms with Crippen LogP contribution in [0.4, 0.5) is 0 Å². The van der Waals surface area contributed by atoms with Crippen molar-refractivity contribution in [2.45, 2.75) is 25.2 Å². The molecule has 0 aliphatic heterocycles. The molecule has 0 saturated heterocycles. The highest BCUT2D eigenvalue weighted by atomic mass is 16.5. The van der Waals surface area contributed by atoms with Crippen LogP contribution in [-0.4, -0.2) is 24.0 Å². The van der Waals surface area contributed by atoms with E-state index in [1.807, 2.05) is 6.07 Å². The molecule has 1 aliphatic carbocycles. The Bertz CT molecular complexity index is 764. The van der Waals surface area contributed by atoms with Gasteiger partial charge in [-0.2, -0.15) is 0 Å². The monoisotopic (exact) mass is 310 g/mol. The van der Waals surface area contributed by atoms with E-state index in [2.05, 4.69) is 0 Å². The summed E-state index contributed by atoms with van der Waals surface area (Å²) < 4.78 is 4.76. The van der Waals surface area contributed by atoms with Crippen LogP contribution in [-0.2, 0) is 11.2 Å². The number of phenols is 1. The fourth-order valence-corrected chi connectivity index (χ4v) is 3.19. The Balaban J connectivity index is 2.02. The first-order valence-electron chi connectivity index (χ1n) is 7.65. The fourth-order valence-electron chi connectivity index (χ4n) is 3.19. The van der Waals surface area contributed by atoms with Crippen LogP contribution in [0, 0.1) is 0 Å². The van der Waals surface area contributed by atoms with E-state index < -0.39 is 5.97 Å². The number of hydrogen-bond acceptors (Lipinski definition) is 4. The maximum Gasteiger partial charge on any atom is 0.337 e. The Morgan fingerprint density at radius 3 is 2.70 bits per heavy atom. The first kappa shape index (κ1) is 15.3. The maximum absolute atomic E-state index is 12.9. The minimum Gasteiger partial charge on any atom is -0.507 e. The summed E-state index contributed by atoms with van der Waals surface area (Å²) in [5.41, 5.74) is 2.72. The molecule has 0 fully saturated rings. The highest BCUT2D eigenvalue weighted by Crippen LogP contribution is 2.36. The van der Waals surface area contributed by atoms with Crippen LogP contribution < -0.4 is 0 Å². The van der Waals surface area contributed by atoms with Crippen molar-refractivity contribution in [1.29, 1.82) is 0 Å². The van der Waals surface area contributed by atoms with Gasteiger partial charge in [0.15, 0.2) is 5.78 Å². The molecule has 118 valence electrons. The second-order valence-corrected chi connectivity index (χ2v) is 5.73. The summed E-state index contributed by atoms with van der Waals surface area (Å²) in [5.74, 6) is -0.858. The number of benzene rings is 2. The summed E-state index contributed by atoms with van der Waals surface area (Å²) in [7, 11) is 1.34. The lowest BCUT2D eigenvalue weighted by molar-refractivity contribution is 0.0600. The number of phenolic OH excluding ortho intramolecular Hbond substituents is 1. The normalized spacial score (nSPS) is 16.5. The van der Waals surface area contributed by atoms with Crippen molar-refractivity contribution in [3.05, 3.63) is 64.7 Å². The van der Waals surface area contributed by atoms with E-state index in [1.54, 1.807) is 30.3 Å². The van der Waals surface area contributed by atoms with Gasteiger partial charge in [0.25, 0.3) is 0 Å². The molecule has 2 aromatic carbocycles. The van der Waals surface area contributed by atoms with Gasteiger partial charge in [0.05, 0.1) is 18.2 Å². The molecule has 2 aromatic rings. The number of aryl methyl sites for hydroxylation is 1. The number of aromatic hydroxyl groups is 1. The molecule has 23 heavy (non-hydrogen) atoms. The molecule has 0 saturated carbocycles. The second-order valence-electron chi connectivity index (χ2n) is 5.73. The molecule has 0 radical (unpaired) electrons. The number of hydrogen-bond donors (Lipinski definition) is 1. The standard InChI is InChI=1S/C19H18O4/c1-23-19(22)13-10-9-12-5-4-7-14(16(12)11-13)18(21)15-6-2-3-8-17(15)20/h2-3,6,8-11,14,20H,4-5,7H2,1H3. The lowest BCUT2D eigenvalue weighted by atomic mass is 9.78. The lowest BCUT2D eigenvalue weighted by Gasteiger charge is -2.25. The molecular formula is C19H18O4. The smallest absolute Gasteiger partial charge is 0.337 e. The van der Waals surface area contributed by atoms with E-state index in [0.29, 0.717) is 17.5 Å². The SMILES string of the molecule is COC(=O)c1ccc2c(c1)C(C(=O)c1ccccc1O)CCC2. The Morgan fingerprint density at radius 2 is 1.96 bits per heavy atom. The number of fused-ring (bicyclic) bond motifs is 1. The van der Waals surface area contributed by atoms with Crippen LogP contribution in [0.15, 0.2) is 42.5 Å². The van der Waals surface area contributed by atoms with E-state index >= 15 is 0 Å². The molecule has 0 amide bonds. The first-order chi connectivity index (χ1) is 11.1. The molecular weight excluding hydrogens is 292 g/mol. The van der Waals surface area contributed by atoms with Crippen LogP contribution in [0.2, 0.25) is 0 Å². The number of carbonyl (C=O) groups excluding carboxylic acids is 2. The van der Waals surface area contributed by atoms with Crippen LogP contribution in [0.5, 0.6) is 5.75 Å². The summed E-state index contributed by atoms with van der Waals surface area (Å²) >= 11 is 0. The van der Waals surface area contributed by atoms with E-state index in [9.17, 15) is 14.7 Å². The minimum atomic E-state index is -0.410. The first-order valence-corrected chi connectivity index (χ1v) is 7.65. The number of Topliss-reactive ketones (excluding diaryl/α,β-unsaturated/α-hetero) is 1. The highest BCUT2D eigenvalue weighted by molar-refractivity contribution is 6.03. The van der Waals surface area contributed by atoms with Crippen LogP contribution >= 0.6 is 0 Å². The van der Waals surface area contributed by atoms with Gasteiger partial charge in [-0.15, -0.1) is 0 Å². The van der Waals surface area contributed by atoms with E-state index in [4.69, 9.17) is 4.74 Å². The molecule has 1 unspecified atom stereocenters. The topological polar surface area (TPSA) is 63.6 Å². The number of ketones is 1. The molecule has 1 aliphatic rings. The number of carbonyl (C=O) groups is 2. The predicted molar refractivity (Wildman–Crippen MR) is 85.9 cm³/mol. The van der Waals surface area contributed by atoms with Gasteiger partial charge in [0.1, 0.15) is 5.75 Å².